The third kappa shape index (κ3) is 2.52. The van der Waals surface area contributed by atoms with Crippen LogP contribution >= 0.6 is 11.8 Å². The van der Waals surface area contributed by atoms with E-state index in [9.17, 15) is 10.2 Å². The molecule has 1 aromatic rings. The number of ether oxygens (including phenoxy) is 1. The Kier molecular flexibility index (Phi) is 3.24. The van der Waals surface area contributed by atoms with E-state index < -0.39 is 0 Å². The fraction of sp³-hybridized carbons (Fsp3) is 0.385. The van der Waals surface area contributed by atoms with Crippen molar-refractivity contribution in [1.29, 1.82) is 0 Å². The average Bonchev–Trinajstić information content (AvgIpc) is 2.73. The van der Waals surface area contributed by atoms with Crippen molar-refractivity contribution in [1.82, 2.24) is 0 Å². The molecule has 0 spiro atoms. The molecule has 1 unspecified atom stereocenters. The Balaban J connectivity index is 2.07. The largest absolute Gasteiger partial charge is 0.504 e. The van der Waals surface area contributed by atoms with Gasteiger partial charge in [0.25, 0.3) is 0 Å². The molecular formula is C13H16O3S. The summed E-state index contributed by atoms with van der Waals surface area (Å²) in [4.78, 5) is 0.969. The summed E-state index contributed by atoms with van der Waals surface area (Å²) in [5.74, 6) is 0.702. The van der Waals surface area contributed by atoms with Gasteiger partial charge in [0.2, 0.25) is 0 Å². The van der Waals surface area contributed by atoms with Gasteiger partial charge in [0.1, 0.15) is 5.60 Å². The fourth-order valence-corrected chi connectivity index (χ4v) is 2.83. The number of hydrogen-bond acceptors (Lipinski definition) is 4. The first-order valence-electron chi connectivity index (χ1n) is 5.49. The van der Waals surface area contributed by atoms with Crippen LogP contribution in [-0.2, 0) is 4.74 Å². The van der Waals surface area contributed by atoms with E-state index in [0.29, 0.717) is 5.56 Å². The van der Waals surface area contributed by atoms with Crippen molar-refractivity contribution in [2.75, 3.05) is 5.75 Å². The lowest BCUT2D eigenvalue weighted by molar-refractivity contribution is 0.0877. The molecular weight excluding hydrogens is 236 g/mol. The summed E-state index contributed by atoms with van der Waals surface area (Å²) in [6, 6.07) is 3.33. The van der Waals surface area contributed by atoms with Crippen LogP contribution in [0.5, 0.6) is 11.5 Å². The third-order valence-electron chi connectivity index (χ3n) is 2.89. The van der Waals surface area contributed by atoms with E-state index in [0.717, 1.165) is 17.1 Å². The van der Waals surface area contributed by atoms with Crippen molar-refractivity contribution < 1.29 is 14.9 Å². The van der Waals surface area contributed by atoms with Crippen LogP contribution in [0.25, 0.3) is 0 Å². The Bertz CT molecular complexity index is 446. The standard InChI is InChI=1S/C13H16O3S/c1-9-11(5-4-10(14)12(9)15)17-8-13(2)6-3-7-16-13/h3-5,7,14-15H,6,8H2,1-2H3. The van der Waals surface area contributed by atoms with Crippen LogP contribution in [-0.4, -0.2) is 21.6 Å². The molecule has 0 amide bonds. The molecule has 1 heterocycles. The molecule has 17 heavy (non-hydrogen) atoms. The molecule has 0 aromatic heterocycles. The van der Waals surface area contributed by atoms with E-state index >= 15 is 0 Å². The molecule has 4 heteroatoms. The molecule has 2 N–H and O–H groups in total. The van der Waals surface area contributed by atoms with Crippen LogP contribution in [0.15, 0.2) is 29.4 Å². The molecule has 1 aliphatic rings. The molecule has 3 nitrogen and oxygen atoms in total. The zero-order valence-corrected chi connectivity index (χ0v) is 10.8. The van der Waals surface area contributed by atoms with Crippen molar-refractivity contribution in [2.24, 2.45) is 0 Å². The lowest BCUT2D eigenvalue weighted by atomic mass is 10.1. The van der Waals surface area contributed by atoms with Crippen molar-refractivity contribution in [3.63, 3.8) is 0 Å². The van der Waals surface area contributed by atoms with E-state index in [1.165, 1.54) is 6.07 Å². The monoisotopic (exact) mass is 252 g/mol. The maximum atomic E-state index is 9.64. The van der Waals surface area contributed by atoms with Crippen LogP contribution in [0.3, 0.4) is 0 Å². The average molecular weight is 252 g/mol. The summed E-state index contributed by atoms with van der Waals surface area (Å²) in [5, 5.41) is 19.0. The molecule has 1 aromatic carbocycles. The number of phenols is 2. The van der Waals surface area contributed by atoms with Gasteiger partial charge in [-0.05, 0) is 32.1 Å². The van der Waals surface area contributed by atoms with Crippen molar-refractivity contribution in [3.05, 3.63) is 30.0 Å². The molecule has 0 saturated heterocycles. The Morgan fingerprint density at radius 2 is 2.18 bits per heavy atom. The highest BCUT2D eigenvalue weighted by atomic mass is 32.2. The van der Waals surface area contributed by atoms with Crippen molar-refractivity contribution in [3.8, 4) is 11.5 Å². The van der Waals surface area contributed by atoms with Gasteiger partial charge in [0.05, 0.1) is 6.26 Å². The van der Waals surface area contributed by atoms with Gasteiger partial charge in [-0.3, -0.25) is 0 Å². The number of rotatable bonds is 3. The summed E-state index contributed by atoms with van der Waals surface area (Å²) in [7, 11) is 0. The quantitative estimate of drug-likeness (QED) is 0.640. The summed E-state index contributed by atoms with van der Waals surface area (Å²) in [6.45, 7) is 3.86. The first-order chi connectivity index (χ1) is 8.02. The van der Waals surface area contributed by atoms with Crippen LogP contribution in [0, 0.1) is 6.92 Å². The second-order valence-corrected chi connectivity index (χ2v) is 5.51. The van der Waals surface area contributed by atoms with Crippen LogP contribution in [0.2, 0.25) is 0 Å². The number of aromatic hydroxyl groups is 2. The smallest absolute Gasteiger partial charge is 0.161 e. The zero-order chi connectivity index (χ0) is 12.5. The highest BCUT2D eigenvalue weighted by Gasteiger charge is 2.27. The molecule has 1 atom stereocenters. The van der Waals surface area contributed by atoms with Gasteiger partial charge < -0.3 is 14.9 Å². The van der Waals surface area contributed by atoms with E-state index in [2.05, 4.69) is 6.92 Å². The second-order valence-electron chi connectivity index (χ2n) is 4.49. The van der Waals surface area contributed by atoms with Gasteiger partial charge in [-0.1, -0.05) is 0 Å². The van der Waals surface area contributed by atoms with Gasteiger partial charge in [-0.25, -0.2) is 0 Å². The summed E-state index contributed by atoms with van der Waals surface area (Å²) < 4.78 is 5.54. The Labute approximate surface area is 105 Å². The summed E-state index contributed by atoms with van der Waals surface area (Å²) >= 11 is 1.63. The molecule has 0 bridgehead atoms. The number of benzene rings is 1. The minimum absolute atomic E-state index is 0.0365. The highest BCUT2D eigenvalue weighted by Crippen LogP contribution is 2.38. The summed E-state index contributed by atoms with van der Waals surface area (Å²) in [5.41, 5.74) is 0.550. The van der Waals surface area contributed by atoms with E-state index in [1.807, 2.05) is 12.1 Å². The lowest BCUT2D eigenvalue weighted by Crippen LogP contribution is -2.25. The molecule has 0 aliphatic carbocycles. The van der Waals surface area contributed by atoms with Gasteiger partial charge in [-0.2, -0.15) is 0 Å². The number of thioether (sulfide) groups is 1. The van der Waals surface area contributed by atoms with Crippen LogP contribution in [0.1, 0.15) is 18.9 Å². The minimum atomic E-state index is -0.162. The fourth-order valence-electron chi connectivity index (χ4n) is 1.70. The van der Waals surface area contributed by atoms with Crippen LogP contribution < -0.4 is 0 Å². The minimum Gasteiger partial charge on any atom is -0.504 e. The maximum absolute atomic E-state index is 9.64. The SMILES string of the molecule is Cc1c(SCC2(C)CC=CO2)ccc(O)c1O. The third-order valence-corrected chi connectivity index (χ3v) is 4.40. The van der Waals surface area contributed by atoms with Crippen molar-refractivity contribution >= 4 is 11.8 Å². The summed E-state index contributed by atoms with van der Waals surface area (Å²) in [6.07, 6.45) is 4.66. The van der Waals surface area contributed by atoms with Gasteiger partial charge in [0.15, 0.2) is 11.5 Å². The molecule has 92 valence electrons. The molecule has 1 aliphatic heterocycles. The van der Waals surface area contributed by atoms with E-state index in [4.69, 9.17) is 4.74 Å². The Morgan fingerprint density at radius 3 is 2.82 bits per heavy atom. The number of hydrogen-bond donors (Lipinski definition) is 2. The van der Waals surface area contributed by atoms with Crippen LogP contribution in [0.4, 0.5) is 0 Å². The first kappa shape index (κ1) is 12.2. The lowest BCUT2D eigenvalue weighted by Gasteiger charge is -2.23. The predicted octanol–water partition coefficient (Wildman–Crippen LogP) is 3.19. The molecule has 0 saturated carbocycles. The first-order valence-corrected chi connectivity index (χ1v) is 6.47. The topological polar surface area (TPSA) is 49.7 Å². The maximum Gasteiger partial charge on any atom is 0.161 e. The predicted molar refractivity (Wildman–Crippen MR) is 68.5 cm³/mol. The molecule has 0 fully saturated rings. The highest BCUT2D eigenvalue weighted by molar-refractivity contribution is 7.99. The zero-order valence-electron chi connectivity index (χ0n) is 9.93. The van der Waals surface area contributed by atoms with Gasteiger partial charge in [0, 0.05) is 22.6 Å². The molecule has 0 radical (unpaired) electrons. The normalized spacial score (nSPS) is 22.7. The van der Waals surface area contributed by atoms with Gasteiger partial charge >= 0.3 is 0 Å². The van der Waals surface area contributed by atoms with E-state index in [1.54, 1.807) is 24.9 Å². The second kappa shape index (κ2) is 4.53. The molecule has 2 rings (SSSR count). The van der Waals surface area contributed by atoms with Crippen molar-refractivity contribution in [2.45, 2.75) is 30.8 Å². The Morgan fingerprint density at radius 1 is 1.41 bits per heavy atom. The van der Waals surface area contributed by atoms with E-state index in [-0.39, 0.29) is 17.1 Å². The Hall–Kier alpha value is -1.29. The van der Waals surface area contributed by atoms with Gasteiger partial charge in [-0.15, -0.1) is 11.8 Å². The number of phenolic OH excluding ortho intramolecular Hbond substituents is 2.